The van der Waals surface area contributed by atoms with Crippen LogP contribution < -0.4 is 11.5 Å². The minimum Gasteiger partial charge on any atom is -0.480 e. The average Bonchev–Trinajstić information content (AvgIpc) is 2.81. The first-order chi connectivity index (χ1) is 9.23. The summed E-state index contributed by atoms with van der Waals surface area (Å²) in [6, 6.07) is -1.55. The number of nitrogens with two attached hydrogens (primary N) is 2. The van der Waals surface area contributed by atoms with Gasteiger partial charge in [-0.2, -0.15) is 0 Å². The van der Waals surface area contributed by atoms with Gasteiger partial charge in [0.1, 0.15) is 12.1 Å². The van der Waals surface area contributed by atoms with Crippen LogP contribution in [0.3, 0.4) is 0 Å². The zero-order chi connectivity index (χ0) is 15.7. The van der Waals surface area contributed by atoms with Crippen molar-refractivity contribution in [1.29, 1.82) is 0 Å². The summed E-state index contributed by atoms with van der Waals surface area (Å²) >= 11 is 0. The van der Waals surface area contributed by atoms with Gasteiger partial charge < -0.3 is 26.7 Å². The predicted octanol–water partition coefficient (Wildman–Crippen LogP) is -0.191. The number of aromatic nitrogens is 2. The molecular weight excluding hydrogens is 264 g/mol. The lowest BCUT2D eigenvalue weighted by Gasteiger charge is -2.07. The zero-order valence-corrected chi connectivity index (χ0v) is 11.6. The van der Waals surface area contributed by atoms with E-state index >= 15 is 0 Å². The number of hydrogen-bond acceptors (Lipinski definition) is 5. The predicted molar refractivity (Wildman–Crippen MR) is 73.0 cm³/mol. The standard InChI is InChI=1S/C6H9N3O2.C6H13NO2/c7-5(6(10)11)1-4-2-8-3-9-4;1-4(2)3-5(7)6(8)9/h2-3,5H,1,7H2,(H,8,9)(H,10,11);4-5H,3,7H2,1-2H3,(H,8,9)/t2*5-/m00/s1. The first-order valence-corrected chi connectivity index (χ1v) is 6.18. The number of rotatable bonds is 6. The molecule has 0 amide bonds. The third-order valence-electron chi connectivity index (χ3n) is 2.34. The number of carbonyl (C=O) groups is 2. The molecule has 0 aliphatic rings. The summed E-state index contributed by atoms with van der Waals surface area (Å²) in [7, 11) is 0. The molecule has 7 N–H and O–H groups in total. The van der Waals surface area contributed by atoms with Crippen LogP contribution in [-0.2, 0) is 16.0 Å². The second-order valence-electron chi connectivity index (χ2n) is 4.78. The summed E-state index contributed by atoms with van der Waals surface area (Å²) in [4.78, 5) is 26.9. The van der Waals surface area contributed by atoms with Crippen molar-refractivity contribution in [3.63, 3.8) is 0 Å². The van der Waals surface area contributed by atoms with E-state index in [1.807, 2.05) is 13.8 Å². The zero-order valence-electron chi connectivity index (χ0n) is 11.6. The van der Waals surface area contributed by atoms with Crippen LogP contribution in [0.2, 0.25) is 0 Å². The van der Waals surface area contributed by atoms with Crippen LogP contribution in [0, 0.1) is 5.92 Å². The molecule has 114 valence electrons. The highest BCUT2D eigenvalue weighted by atomic mass is 16.4. The Morgan fingerprint density at radius 3 is 2.10 bits per heavy atom. The number of nitrogens with zero attached hydrogens (tertiary/aromatic N) is 1. The summed E-state index contributed by atoms with van der Waals surface area (Å²) in [6.07, 6.45) is 3.93. The molecule has 20 heavy (non-hydrogen) atoms. The van der Waals surface area contributed by atoms with Crippen molar-refractivity contribution < 1.29 is 19.8 Å². The minimum absolute atomic E-state index is 0.263. The molecule has 1 aromatic heterocycles. The SMILES string of the molecule is CC(C)C[C@H](N)C(=O)O.N[C@@H](Cc1c[nH]cn1)C(=O)O. The van der Waals surface area contributed by atoms with E-state index in [4.69, 9.17) is 21.7 Å². The van der Waals surface area contributed by atoms with Gasteiger partial charge >= 0.3 is 11.9 Å². The highest BCUT2D eigenvalue weighted by Gasteiger charge is 2.12. The molecule has 0 saturated heterocycles. The largest absolute Gasteiger partial charge is 0.480 e. The fourth-order valence-corrected chi connectivity index (χ4v) is 1.32. The Bertz CT molecular complexity index is 406. The van der Waals surface area contributed by atoms with Crippen LogP contribution in [0.4, 0.5) is 0 Å². The third-order valence-corrected chi connectivity index (χ3v) is 2.34. The van der Waals surface area contributed by atoms with E-state index in [9.17, 15) is 9.59 Å². The molecule has 1 aromatic rings. The van der Waals surface area contributed by atoms with Gasteiger partial charge in [0.25, 0.3) is 0 Å². The van der Waals surface area contributed by atoms with E-state index in [0.717, 1.165) is 0 Å². The third kappa shape index (κ3) is 8.22. The smallest absolute Gasteiger partial charge is 0.320 e. The first-order valence-electron chi connectivity index (χ1n) is 6.18. The maximum atomic E-state index is 10.3. The second kappa shape index (κ2) is 9.05. The van der Waals surface area contributed by atoms with E-state index in [0.29, 0.717) is 18.0 Å². The monoisotopic (exact) mass is 286 g/mol. The van der Waals surface area contributed by atoms with Gasteiger partial charge in [-0.1, -0.05) is 13.8 Å². The summed E-state index contributed by atoms with van der Waals surface area (Å²) < 4.78 is 0. The Morgan fingerprint density at radius 1 is 1.25 bits per heavy atom. The fraction of sp³-hybridized carbons (Fsp3) is 0.583. The number of nitrogens with one attached hydrogen (secondary N) is 1. The highest BCUT2D eigenvalue weighted by molar-refractivity contribution is 5.73. The Kier molecular flexibility index (Phi) is 8.18. The van der Waals surface area contributed by atoms with E-state index in [-0.39, 0.29) is 6.42 Å². The van der Waals surface area contributed by atoms with Gasteiger partial charge in [-0.25, -0.2) is 4.98 Å². The maximum Gasteiger partial charge on any atom is 0.320 e. The molecule has 0 radical (unpaired) electrons. The topological polar surface area (TPSA) is 155 Å². The molecule has 0 aliphatic carbocycles. The van der Waals surface area contributed by atoms with Gasteiger partial charge in [-0.05, 0) is 12.3 Å². The van der Waals surface area contributed by atoms with Gasteiger partial charge in [-0.3, -0.25) is 9.59 Å². The average molecular weight is 286 g/mol. The van der Waals surface area contributed by atoms with Crippen molar-refractivity contribution in [3.8, 4) is 0 Å². The van der Waals surface area contributed by atoms with Gasteiger partial charge in [0.15, 0.2) is 0 Å². The lowest BCUT2D eigenvalue weighted by Crippen LogP contribution is -2.32. The number of imidazole rings is 1. The van der Waals surface area contributed by atoms with Crippen molar-refractivity contribution in [1.82, 2.24) is 9.97 Å². The van der Waals surface area contributed by atoms with Crippen LogP contribution in [0.25, 0.3) is 0 Å². The molecule has 0 aliphatic heterocycles. The molecule has 0 aromatic carbocycles. The first kappa shape index (κ1) is 18.1. The van der Waals surface area contributed by atoms with E-state index in [1.54, 1.807) is 6.20 Å². The molecule has 1 heterocycles. The van der Waals surface area contributed by atoms with Crippen molar-refractivity contribution >= 4 is 11.9 Å². The summed E-state index contributed by atoms with van der Waals surface area (Å²) in [6.45, 7) is 3.89. The maximum absolute atomic E-state index is 10.3. The molecule has 8 nitrogen and oxygen atoms in total. The molecule has 0 bridgehead atoms. The van der Waals surface area contributed by atoms with Crippen LogP contribution in [0.5, 0.6) is 0 Å². The van der Waals surface area contributed by atoms with Crippen LogP contribution in [-0.4, -0.2) is 44.2 Å². The number of carboxylic acids is 2. The molecule has 0 fully saturated rings. The van der Waals surface area contributed by atoms with Crippen molar-refractivity contribution in [3.05, 3.63) is 18.2 Å². The van der Waals surface area contributed by atoms with E-state index < -0.39 is 24.0 Å². The van der Waals surface area contributed by atoms with Crippen LogP contribution in [0.1, 0.15) is 26.0 Å². The highest BCUT2D eigenvalue weighted by Crippen LogP contribution is 2.01. The fourth-order valence-electron chi connectivity index (χ4n) is 1.32. The number of carboxylic acid groups (broad SMARTS) is 2. The summed E-state index contributed by atoms with van der Waals surface area (Å²) in [5.74, 6) is -1.56. The van der Waals surface area contributed by atoms with Crippen LogP contribution in [0.15, 0.2) is 12.5 Å². The summed E-state index contributed by atoms with van der Waals surface area (Å²) in [5.41, 5.74) is 11.1. The quantitative estimate of drug-likeness (QED) is 0.485. The Balaban J connectivity index is 0.000000370. The number of aliphatic carboxylic acids is 2. The number of H-pyrrole nitrogens is 1. The van der Waals surface area contributed by atoms with Gasteiger partial charge in [0, 0.05) is 12.6 Å². The second-order valence-corrected chi connectivity index (χ2v) is 4.78. The van der Waals surface area contributed by atoms with E-state index in [2.05, 4.69) is 9.97 Å². The molecule has 8 heteroatoms. The van der Waals surface area contributed by atoms with Crippen molar-refractivity contribution in [2.24, 2.45) is 17.4 Å². The number of hydrogen-bond donors (Lipinski definition) is 5. The Labute approximate surface area is 117 Å². The van der Waals surface area contributed by atoms with E-state index in [1.165, 1.54) is 6.33 Å². The van der Waals surface area contributed by atoms with Gasteiger partial charge in [-0.15, -0.1) is 0 Å². The molecule has 2 atom stereocenters. The molecule has 0 saturated carbocycles. The lowest BCUT2D eigenvalue weighted by atomic mass is 10.1. The Hall–Kier alpha value is -1.93. The molecule has 0 unspecified atom stereocenters. The number of aromatic amines is 1. The van der Waals surface area contributed by atoms with Gasteiger partial charge in [0.05, 0.1) is 12.0 Å². The van der Waals surface area contributed by atoms with Crippen molar-refractivity contribution in [2.75, 3.05) is 0 Å². The normalized spacial score (nSPS) is 13.2. The molecule has 0 spiro atoms. The molecule has 1 rings (SSSR count). The minimum atomic E-state index is -1.01. The molecular formula is C12H22N4O4. The lowest BCUT2D eigenvalue weighted by molar-refractivity contribution is -0.139. The van der Waals surface area contributed by atoms with Crippen molar-refractivity contribution in [2.45, 2.75) is 38.8 Å². The summed E-state index contributed by atoms with van der Waals surface area (Å²) in [5, 5.41) is 16.7. The Morgan fingerprint density at radius 2 is 1.80 bits per heavy atom. The van der Waals surface area contributed by atoms with Gasteiger partial charge in [0.2, 0.25) is 0 Å². The van der Waals surface area contributed by atoms with Crippen LogP contribution >= 0.6 is 0 Å².